The monoisotopic (exact) mass is 327 g/mol. The molecule has 0 bridgehead atoms. The van der Waals surface area contributed by atoms with Gasteiger partial charge in [0, 0.05) is 28.8 Å². The van der Waals surface area contributed by atoms with Crippen molar-refractivity contribution in [3.63, 3.8) is 0 Å². The molecule has 0 amide bonds. The number of benzene rings is 1. The highest BCUT2D eigenvalue weighted by atomic mass is 79.9. The molecule has 18 heavy (non-hydrogen) atoms. The van der Waals surface area contributed by atoms with Crippen molar-refractivity contribution in [1.29, 1.82) is 0 Å². The zero-order valence-corrected chi connectivity index (χ0v) is 12.9. The van der Waals surface area contributed by atoms with E-state index in [9.17, 15) is 0 Å². The van der Waals surface area contributed by atoms with Crippen molar-refractivity contribution in [1.82, 2.24) is 4.90 Å². The lowest BCUT2D eigenvalue weighted by atomic mass is 10.1. The van der Waals surface area contributed by atoms with Gasteiger partial charge in [-0.05, 0) is 54.0 Å². The van der Waals surface area contributed by atoms with Crippen molar-refractivity contribution in [2.75, 3.05) is 32.0 Å². The van der Waals surface area contributed by atoms with Gasteiger partial charge in [-0.25, -0.2) is 0 Å². The Morgan fingerprint density at radius 2 is 2.39 bits per heavy atom. The summed E-state index contributed by atoms with van der Waals surface area (Å²) in [5.74, 6) is 0.702. The summed E-state index contributed by atoms with van der Waals surface area (Å²) in [6, 6.07) is 5.98. The SMILES string of the molecule is CN1CCC(CNc2cccc(Br)c2C(N)=S)C1. The Bertz CT molecular complexity index is 450. The Balaban J connectivity index is 2.05. The molecule has 98 valence electrons. The molecule has 3 nitrogen and oxygen atoms in total. The average molecular weight is 328 g/mol. The van der Waals surface area contributed by atoms with Gasteiger partial charge >= 0.3 is 0 Å². The van der Waals surface area contributed by atoms with Crippen molar-refractivity contribution in [3.05, 3.63) is 28.2 Å². The molecule has 1 fully saturated rings. The van der Waals surface area contributed by atoms with Crippen LogP contribution in [0.15, 0.2) is 22.7 Å². The van der Waals surface area contributed by atoms with Crippen molar-refractivity contribution in [3.8, 4) is 0 Å². The van der Waals surface area contributed by atoms with Gasteiger partial charge in [-0.3, -0.25) is 0 Å². The number of rotatable bonds is 4. The van der Waals surface area contributed by atoms with Crippen LogP contribution in [0.4, 0.5) is 5.69 Å². The molecule has 1 aliphatic rings. The quantitative estimate of drug-likeness (QED) is 0.833. The van der Waals surface area contributed by atoms with Crippen molar-refractivity contribution in [2.24, 2.45) is 11.7 Å². The number of nitrogens with two attached hydrogens (primary N) is 1. The van der Waals surface area contributed by atoms with Gasteiger partial charge in [-0.2, -0.15) is 0 Å². The zero-order chi connectivity index (χ0) is 13.1. The third-order valence-electron chi connectivity index (χ3n) is 3.33. The summed E-state index contributed by atoms with van der Waals surface area (Å²) in [7, 11) is 2.17. The van der Waals surface area contributed by atoms with Crippen LogP contribution < -0.4 is 11.1 Å². The fraction of sp³-hybridized carbons (Fsp3) is 0.462. The van der Waals surface area contributed by atoms with Crippen molar-refractivity contribution >= 4 is 38.8 Å². The summed E-state index contributed by atoms with van der Waals surface area (Å²) in [5, 5.41) is 3.47. The molecule has 0 saturated carbocycles. The van der Waals surface area contributed by atoms with Crippen LogP contribution in [0, 0.1) is 5.92 Å². The molecule has 1 heterocycles. The number of likely N-dealkylation sites (tertiary alicyclic amines) is 1. The lowest BCUT2D eigenvalue weighted by Gasteiger charge is -2.16. The van der Waals surface area contributed by atoms with Crippen LogP contribution in [-0.2, 0) is 0 Å². The van der Waals surface area contributed by atoms with E-state index in [0.29, 0.717) is 10.9 Å². The van der Waals surface area contributed by atoms with Gasteiger partial charge in [0.2, 0.25) is 0 Å². The van der Waals surface area contributed by atoms with Crippen LogP contribution in [0.2, 0.25) is 0 Å². The molecule has 5 heteroatoms. The molecule has 0 aromatic heterocycles. The lowest BCUT2D eigenvalue weighted by Crippen LogP contribution is -2.21. The van der Waals surface area contributed by atoms with E-state index in [-0.39, 0.29) is 0 Å². The molecular formula is C13H18BrN3S. The first-order valence-corrected chi connectivity index (χ1v) is 7.29. The Labute approximate surface area is 122 Å². The highest BCUT2D eigenvalue weighted by Gasteiger charge is 2.19. The van der Waals surface area contributed by atoms with E-state index in [1.165, 1.54) is 13.0 Å². The zero-order valence-electron chi connectivity index (χ0n) is 10.4. The van der Waals surface area contributed by atoms with Gasteiger partial charge in [0.25, 0.3) is 0 Å². The van der Waals surface area contributed by atoms with E-state index < -0.39 is 0 Å². The summed E-state index contributed by atoms with van der Waals surface area (Å²) in [4.78, 5) is 2.79. The first-order valence-electron chi connectivity index (χ1n) is 6.08. The number of hydrogen-bond acceptors (Lipinski definition) is 3. The van der Waals surface area contributed by atoms with Crippen molar-refractivity contribution in [2.45, 2.75) is 6.42 Å². The van der Waals surface area contributed by atoms with Crippen LogP contribution >= 0.6 is 28.1 Å². The second-order valence-electron chi connectivity index (χ2n) is 4.82. The van der Waals surface area contributed by atoms with Gasteiger partial charge < -0.3 is 16.0 Å². The lowest BCUT2D eigenvalue weighted by molar-refractivity contribution is 0.399. The first kappa shape index (κ1) is 13.8. The second kappa shape index (κ2) is 5.99. The molecule has 2 rings (SSSR count). The molecule has 1 saturated heterocycles. The fourth-order valence-electron chi connectivity index (χ4n) is 2.37. The predicted molar refractivity (Wildman–Crippen MR) is 84.1 cm³/mol. The molecule has 1 unspecified atom stereocenters. The smallest absolute Gasteiger partial charge is 0.107 e. The van der Waals surface area contributed by atoms with Crippen LogP contribution in [0.3, 0.4) is 0 Å². The summed E-state index contributed by atoms with van der Waals surface area (Å²) in [5.41, 5.74) is 7.70. The Hall–Kier alpha value is -0.650. The number of halogens is 1. The summed E-state index contributed by atoms with van der Waals surface area (Å²) in [6.45, 7) is 3.31. The number of hydrogen-bond donors (Lipinski definition) is 2. The predicted octanol–water partition coefficient (Wildman–Crippen LogP) is 2.45. The molecule has 1 aromatic carbocycles. The van der Waals surface area contributed by atoms with E-state index in [1.807, 2.05) is 18.2 Å². The van der Waals surface area contributed by atoms with Gasteiger partial charge in [-0.15, -0.1) is 0 Å². The highest BCUT2D eigenvalue weighted by molar-refractivity contribution is 9.10. The minimum absolute atomic E-state index is 0.425. The number of anilines is 1. The molecular weight excluding hydrogens is 310 g/mol. The van der Waals surface area contributed by atoms with Gasteiger partial charge in [0.15, 0.2) is 0 Å². The minimum Gasteiger partial charge on any atom is -0.389 e. The molecule has 1 aliphatic heterocycles. The average Bonchev–Trinajstić information content (AvgIpc) is 2.72. The van der Waals surface area contributed by atoms with Crippen LogP contribution in [0.1, 0.15) is 12.0 Å². The molecule has 1 atom stereocenters. The highest BCUT2D eigenvalue weighted by Crippen LogP contribution is 2.25. The minimum atomic E-state index is 0.425. The normalized spacial score (nSPS) is 20.0. The van der Waals surface area contributed by atoms with E-state index in [1.54, 1.807) is 0 Å². The standard InChI is InChI=1S/C13H18BrN3S/c1-17-6-5-9(8-17)7-16-11-4-2-3-10(14)12(11)13(15)18/h2-4,9,16H,5-8H2,1H3,(H2,15,18). The third-order valence-corrected chi connectivity index (χ3v) is 4.20. The van der Waals surface area contributed by atoms with E-state index in [4.69, 9.17) is 18.0 Å². The Morgan fingerprint density at radius 3 is 3.00 bits per heavy atom. The maximum absolute atomic E-state index is 5.77. The van der Waals surface area contributed by atoms with Crippen LogP contribution in [0.5, 0.6) is 0 Å². The van der Waals surface area contributed by atoms with Gasteiger partial charge in [-0.1, -0.05) is 18.3 Å². The summed E-state index contributed by atoms with van der Waals surface area (Å²) < 4.78 is 0.948. The number of nitrogens with one attached hydrogen (secondary N) is 1. The van der Waals surface area contributed by atoms with Crippen LogP contribution in [-0.4, -0.2) is 36.6 Å². The molecule has 1 aromatic rings. The number of nitrogens with zero attached hydrogens (tertiary/aromatic N) is 1. The molecule has 0 radical (unpaired) electrons. The Kier molecular flexibility index (Phi) is 4.59. The van der Waals surface area contributed by atoms with E-state index in [2.05, 4.69) is 33.2 Å². The molecule has 3 N–H and O–H groups in total. The Morgan fingerprint density at radius 1 is 1.61 bits per heavy atom. The largest absolute Gasteiger partial charge is 0.389 e. The first-order chi connectivity index (χ1) is 8.58. The van der Waals surface area contributed by atoms with Gasteiger partial charge in [0.1, 0.15) is 4.99 Å². The van der Waals surface area contributed by atoms with Gasteiger partial charge in [0.05, 0.1) is 0 Å². The number of thiocarbonyl (C=S) groups is 1. The summed E-state index contributed by atoms with van der Waals surface area (Å²) >= 11 is 8.60. The van der Waals surface area contributed by atoms with Crippen LogP contribution in [0.25, 0.3) is 0 Å². The second-order valence-corrected chi connectivity index (χ2v) is 6.12. The molecule has 0 spiro atoms. The maximum Gasteiger partial charge on any atom is 0.107 e. The third kappa shape index (κ3) is 3.22. The summed E-state index contributed by atoms with van der Waals surface area (Å²) in [6.07, 6.45) is 1.25. The fourth-order valence-corrected chi connectivity index (χ4v) is 3.30. The topological polar surface area (TPSA) is 41.3 Å². The molecule has 0 aliphatic carbocycles. The van der Waals surface area contributed by atoms with E-state index >= 15 is 0 Å². The van der Waals surface area contributed by atoms with Crippen molar-refractivity contribution < 1.29 is 0 Å². The van der Waals surface area contributed by atoms with E-state index in [0.717, 1.165) is 28.8 Å². The maximum atomic E-state index is 5.77.